The molecule has 0 saturated heterocycles. The summed E-state index contributed by atoms with van der Waals surface area (Å²) < 4.78 is 37.6. The highest BCUT2D eigenvalue weighted by atomic mass is 32.2. The van der Waals surface area contributed by atoms with Gasteiger partial charge >= 0.3 is 0 Å². The fourth-order valence-corrected chi connectivity index (χ4v) is 1.39. The molecule has 0 aromatic carbocycles. The molecule has 78 valence electrons. The number of rotatable bonds is 5. The Balaban J connectivity index is 3.61. The largest absolute Gasteiger partial charge is 0.288 e. The minimum atomic E-state index is -2.08. The maximum atomic E-state index is 12.8. The fraction of sp³-hybridized carbons (Fsp3) is 0.875. The molecule has 0 rings (SSSR count). The topological polar surface area (TPSA) is 17.1 Å². The summed E-state index contributed by atoms with van der Waals surface area (Å²) in [7, 11) is 0. The summed E-state index contributed by atoms with van der Waals surface area (Å²) in [5, 5.41) is -0.143. The van der Waals surface area contributed by atoms with Crippen LogP contribution >= 0.6 is 11.8 Å². The van der Waals surface area contributed by atoms with Gasteiger partial charge in [0.15, 0.2) is 11.3 Å². The standard InChI is InChI=1S/C8H13F3OS/c1-5(9)8(11)7(10)3-4-13-6(2)12/h5,7-8H,3-4H2,1-2H3. The quantitative estimate of drug-likeness (QED) is 0.700. The Morgan fingerprint density at radius 1 is 1.38 bits per heavy atom. The van der Waals surface area contributed by atoms with Gasteiger partial charge in [-0.1, -0.05) is 11.8 Å². The van der Waals surface area contributed by atoms with E-state index in [-0.39, 0.29) is 17.3 Å². The molecule has 3 unspecified atom stereocenters. The zero-order chi connectivity index (χ0) is 10.4. The van der Waals surface area contributed by atoms with E-state index in [2.05, 4.69) is 0 Å². The van der Waals surface area contributed by atoms with Crippen LogP contribution < -0.4 is 0 Å². The van der Waals surface area contributed by atoms with E-state index in [0.717, 1.165) is 18.7 Å². The second kappa shape index (κ2) is 6.29. The molecule has 0 amide bonds. The van der Waals surface area contributed by atoms with Gasteiger partial charge in [-0.15, -0.1) is 0 Å². The first-order chi connectivity index (χ1) is 5.95. The van der Waals surface area contributed by atoms with Crippen LogP contribution in [0.5, 0.6) is 0 Å². The van der Waals surface area contributed by atoms with Crippen molar-refractivity contribution in [3.05, 3.63) is 0 Å². The Kier molecular flexibility index (Phi) is 6.20. The van der Waals surface area contributed by atoms with Crippen molar-refractivity contribution in [2.45, 2.75) is 38.8 Å². The van der Waals surface area contributed by atoms with E-state index in [4.69, 9.17) is 0 Å². The van der Waals surface area contributed by atoms with Crippen molar-refractivity contribution in [3.8, 4) is 0 Å². The first-order valence-corrected chi connectivity index (χ1v) is 4.99. The van der Waals surface area contributed by atoms with Gasteiger partial charge in [0.1, 0.15) is 12.3 Å². The van der Waals surface area contributed by atoms with Crippen molar-refractivity contribution in [1.29, 1.82) is 0 Å². The molecule has 0 aliphatic rings. The van der Waals surface area contributed by atoms with Crippen LogP contribution in [0.15, 0.2) is 0 Å². The van der Waals surface area contributed by atoms with Gasteiger partial charge in [0.25, 0.3) is 0 Å². The third-order valence-corrected chi connectivity index (χ3v) is 2.33. The van der Waals surface area contributed by atoms with E-state index >= 15 is 0 Å². The zero-order valence-electron chi connectivity index (χ0n) is 7.60. The lowest BCUT2D eigenvalue weighted by Gasteiger charge is -2.13. The van der Waals surface area contributed by atoms with E-state index in [1.165, 1.54) is 6.92 Å². The number of carbonyl (C=O) groups excluding carboxylic acids is 1. The summed E-state index contributed by atoms with van der Waals surface area (Å²) >= 11 is 0.921. The average molecular weight is 214 g/mol. The van der Waals surface area contributed by atoms with Crippen LogP contribution in [0.3, 0.4) is 0 Å². The van der Waals surface area contributed by atoms with Crippen LogP contribution in [0.1, 0.15) is 20.3 Å². The molecule has 0 aromatic rings. The Hall–Kier alpha value is -0.190. The van der Waals surface area contributed by atoms with Crippen LogP contribution in [-0.4, -0.2) is 29.4 Å². The Morgan fingerprint density at radius 2 is 1.92 bits per heavy atom. The van der Waals surface area contributed by atoms with E-state index in [9.17, 15) is 18.0 Å². The summed E-state index contributed by atoms with van der Waals surface area (Å²) in [6, 6.07) is 0. The van der Waals surface area contributed by atoms with Crippen molar-refractivity contribution in [2.24, 2.45) is 0 Å². The van der Waals surface area contributed by atoms with Gasteiger partial charge in [-0.3, -0.25) is 4.79 Å². The van der Waals surface area contributed by atoms with Crippen LogP contribution in [0.4, 0.5) is 13.2 Å². The first kappa shape index (κ1) is 12.8. The fourth-order valence-electron chi connectivity index (χ4n) is 0.762. The van der Waals surface area contributed by atoms with Crippen molar-refractivity contribution in [2.75, 3.05) is 5.75 Å². The Bertz CT molecular complexity index is 163. The number of thioether (sulfide) groups is 1. The molecule has 0 N–H and O–H groups in total. The molecular formula is C8H13F3OS. The number of carbonyl (C=O) groups is 1. The summed E-state index contributed by atoms with van der Waals surface area (Å²) in [6.07, 6.45) is -5.81. The first-order valence-electron chi connectivity index (χ1n) is 4.00. The molecule has 0 fully saturated rings. The van der Waals surface area contributed by atoms with Crippen molar-refractivity contribution < 1.29 is 18.0 Å². The highest BCUT2D eigenvalue weighted by Gasteiger charge is 2.25. The van der Waals surface area contributed by atoms with Crippen LogP contribution in [0.25, 0.3) is 0 Å². The predicted molar refractivity (Wildman–Crippen MR) is 48.1 cm³/mol. The lowest BCUT2D eigenvalue weighted by atomic mass is 10.1. The Morgan fingerprint density at radius 3 is 2.31 bits per heavy atom. The van der Waals surface area contributed by atoms with Gasteiger partial charge in [0.2, 0.25) is 0 Å². The van der Waals surface area contributed by atoms with E-state index in [1.807, 2.05) is 0 Å². The molecule has 13 heavy (non-hydrogen) atoms. The highest BCUT2D eigenvalue weighted by molar-refractivity contribution is 8.13. The molecule has 5 heteroatoms. The monoisotopic (exact) mass is 214 g/mol. The van der Waals surface area contributed by atoms with Crippen LogP contribution in [0, 0.1) is 0 Å². The number of alkyl halides is 3. The zero-order valence-corrected chi connectivity index (χ0v) is 8.41. The van der Waals surface area contributed by atoms with Gasteiger partial charge in [-0.05, 0) is 13.3 Å². The molecule has 1 nitrogen and oxygen atoms in total. The van der Waals surface area contributed by atoms with Crippen LogP contribution in [0.2, 0.25) is 0 Å². The van der Waals surface area contributed by atoms with Gasteiger partial charge in [-0.25, -0.2) is 13.2 Å². The summed E-state index contributed by atoms with van der Waals surface area (Å²) in [4.78, 5) is 10.4. The lowest BCUT2D eigenvalue weighted by Crippen LogP contribution is -2.26. The minimum Gasteiger partial charge on any atom is -0.288 e. The smallest absolute Gasteiger partial charge is 0.185 e. The van der Waals surface area contributed by atoms with Crippen LogP contribution in [-0.2, 0) is 4.79 Å². The third kappa shape index (κ3) is 5.96. The maximum Gasteiger partial charge on any atom is 0.185 e. The van der Waals surface area contributed by atoms with E-state index < -0.39 is 18.5 Å². The lowest BCUT2D eigenvalue weighted by molar-refractivity contribution is -0.109. The number of hydrogen-bond acceptors (Lipinski definition) is 2. The Labute approximate surface area is 80.1 Å². The average Bonchev–Trinajstić information content (AvgIpc) is 2.02. The van der Waals surface area contributed by atoms with Gasteiger partial charge < -0.3 is 0 Å². The molecule has 0 saturated carbocycles. The minimum absolute atomic E-state index is 0.125. The molecule has 0 aromatic heterocycles. The maximum absolute atomic E-state index is 12.8. The third-order valence-electron chi connectivity index (χ3n) is 1.48. The molecule has 0 aliphatic carbocycles. The summed E-state index contributed by atoms with van der Waals surface area (Å²) in [5.41, 5.74) is 0. The summed E-state index contributed by atoms with van der Waals surface area (Å²) in [6.45, 7) is 2.33. The second-order valence-corrected chi connectivity index (χ2v) is 4.04. The predicted octanol–water partition coefficient (Wildman–Crippen LogP) is 2.69. The molecule has 0 heterocycles. The van der Waals surface area contributed by atoms with Gasteiger partial charge in [0.05, 0.1) is 0 Å². The van der Waals surface area contributed by atoms with E-state index in [0.29, 0.717) is 0 Å². The van der Waals surface area contributed by atoms with E-state index in [1.54, 1.807) is 0 Å². The normalized spacial score (nSPS) is 17.9. The molecule has 0 radical (unpaired) electrons. The molecule has 0 bridgehead atoms. The highest BCUT2D eigenvalue weighted by Crippen LogP contribution is 2.17. The van der Waals surface area contributed by atoms with Gasteiger partial charge in [-0.2, -0.15) is 0 Å². The molecule has 3 atom stereocenters. The molecule has 0 aliphatic heterocycles. The summed E-state index contributed by atoms with van der Waals surface area (Å²) in [5.74, 6) is 0.198. The van der Waals surface area contributed by atoms with Crippen molar-refractivity contribution in [3.63, 3.8) is 0 Å². The van der Waals surface area contributed by atoms with Gasteiger partial charge in [0, 0.05) is 12.7 Å². The SMILES string of the molecule is CC(=O)SCCC(F)C(F)C(C)F. The molecular weight excluding hydrogens is 201 g/mol. The number of hydrogen-bond donors (Lipinski definition) is 0. The van der Waals surface area contributed by atoms with Crippen molar-refractivity contribution in [1.82, 2.24) is 0 Å². The second-order valence-electron chi connectivity index (χ2n) is 2.77. The number of halogens is 3. The molecule has 0 spiro atoms. The van der Waals surface area contributed by atoms with Crippen molar-refractivity contribution >= 4 is 16.9 Å².